The van der Waals surface area contributed by atoms with Gasteiger partial charge in [0.15, 0.2) is 0 Å². The fourth-order valence-electron chi connectivity index (χ4n) is 1.72. The van der Waals surface area contributed by atoms with Gasteiger partial charge in [0.1, 0.15) is 0 Å². The average molecular weight is 185 g/mol. The molecular weight excluding hydrogens is 166 g/mol. The molecule has 0 radical (unpaired) electrons. The van der Waals surface area contributed by atoms with Crippen LogP contribution in [0.25, 0.3) is 0 Å². The Bertz CT molecular complexity index is 181. The summed E-state index contributed by atoms with van der Waals surface area (Å²) in [5, 5.41) is 0. The Morgan fingerprint density at radius 2 is 1.77 bits per heavy atom. The maximum absolute atomic E-state index is 11.7. The molecule has 0 saturated carbocycles. The highest BCUT2D eigenvalue weighted by Crippen LogP contribution is 2.13. The van der Waals surface area contributed by atoms with E-state index in [9.17, 15) is 4.79 Å². The number of morpholine rings is 1. The highest BCUT2D eigenvalue weighted by atomic mass is 16.5. The van der Waals surface area contributed by atoms with Gasteiger partial charge in [0.2, 0.25) is 5.91 Å². The van der Waals surface area contributed by atoms with E-state index in [2.05, 4.69) is 0 Å². The van der Waals surface area contributed by atoms with Gasteiger partial charge in [-0.1, -0.05) is 13.8 Å². The first-order valence-corrected chi connectivity index (χ1v) is 4.95. The number of hydrogen-bond acceptors (Lipinski definition) is 2. The highest BCUT2D eigenvalue weighted by Gasteiger charge is 2.26. The normalized spacial score (nSPS) is 29.5. The molecule has 2 unspecified atom stereocenters. The van der Waals surface area contributed by atoms with E-state index in [1.165, 1.54) is 0 Å². The van der Waals surface area contributed by atoms with Crippen LogP contribution >= 0.6 is 0 Å². The van der Waals surface area contributed by atoms with Gasteiger partial charge in [-0.3, -0.25) is 4.79 Å². The molecule has 3 nitrogen and oxygen atoms in total. The van der Waals surface area contributed by atoms with Crippen molar-refractivity contribution < 1.29 is 9.53 Å². The third kappa shape index (κ3) is 2.69. The average Bonchev–Trinajstić information content (AvgIpc) is 2.01. The standard InChI is InChI=1S/C10H19NO2/c1-7(2)10(12)11-5-8(3)13-9(4)6-11/h7-9H,5-6H2,1-4H3. The Hall–Kier alpha value is -0.570. The van der Waals surface area contributed by atoms with Gasteiger partial charge in [-0.2, -0.15) is 0 Å². The summed E-state index contributed by atoms with van der Waals surface area (Å²) >= 11 is 0. The number of amides is 1. The third-order valence-corrected chi connectivity index (χ3v) is 2.23. The highest BCUT2D eigenvalue weighted by molar-refractivity contribution is 5.78. The topological polar surface area (TPSA) is 29.5 Å². The van der Waals surface area contributed by atoms with Crippen LogP contribution in [-0.4, -0.2) is 36.1 Å². The molecule has 0 aromatic carbocycles. The fourth-order valence-corrected chi connectivity index (χ4v) is 1.72. The molecule has 1 heterocycles. The predicted molar refractivity (Wildman–Crippen MR) is 51.4 cm³/mol. The van der Waals surface area contributed by atoms with Crippen molar-refractivity contribution in [1.29, 1.82) is 0 Å². The number of rotatable bonds is 1. The van der Waals surface area contributed by atoms with Crippen LogP contribution in [0.1, 0.15) is 27.7 Å². The molecule has 0 aromatic rings. The van der Waals surface area contributed by atoms with E-state index in [1.54, 1.807) is 0 Å². The molecular formula is C10H19NO2. The molecule has 1 rings (SSSR count). The van der Waals surface area contributed by atoms with Crippen molar-refractivity contribution in [3.63, 3.8) is 0 Å². The minimum atomic E-state index is 0.0949. The molecule has 1 saturated heterocycles. The third-order valence-electron chi connectivity index (χ3n) is 2.23. The van der Waals surface area contributed by atoms with Crippen LogP contribution in [0.3, 0.4) is 0 Å². The molecule has 0 bridgehead atoms. The van der Waals surface area contributed by atoms with Gasteiger partial charge < -0.3 is 9.64 Å². The van der Waals surface area contributed by atoms with E-state index in [0.717, 1.165) is 13.1 Å². The lowest BCUT2D eigenvalue weighted by atomic mass is 10.1. The largest absolute Gasteiger partial charge is 0.372 e. The molecule has 3 heteroatoms. The zero-order valence-electron chi connectivity index (χ0n) is 8.91. The molecule has 0 N–H and O–H groups in total. The summed E-state index contributed by atoms with van der Waals surface area (Å²) in [5.41, 5.74) is 0. The molecule has 1 aliphatic rings. The first kappa shape index (κ1) is 10.5. The zero-order valence-corrected chi connectivity index (χ0v) is 8.91. The van der Waals surface area contributed by atoms with Gasteiger partial charge in [-0.15, -0.1) is 0 Å². The molecule has 1 fully saturated rings. The van der Waals surface area contributed by atoms with Crippen LogP contribution in [0.5, 0.6) is 0 Å². The zero-order chi connectivity index (χ0) is 10.0. The second-order valence-corrected chi connectivity index (χ2v) is 4.16. The molecule has 0 spiro atoms. The number of carbonyl (C=O) groups excluding carboxylic acids is 1. The summed E-state index contributed by atoms with van der Waals surface area (Å²) in [6, 6.07) is 0. The van der Waals surface area contributed by atoms with Gasteiger partial charge in [0.25, 0.3) is 0 Å². The minimum Gasteiger partial charge on any atom is -0.372 e. The van der Waals surface area contributed by atoms with Crippen molar-refractivity contribution in [3.8, 4) is 0 Å². The lowest BCUT2D eigenvalue weighted by molar-refractivity contribution is -0.146. The Kier molecular flexibility index (Phi) is 3.31. The van der Waals surface area contributed by atoms with E-state index in [-0.39, 0.29) is 24.0 Å². The van der Waals surface area contributed by atoms with E-state index < -0.39 is 0 Å². The summed E-state index contributed by atoms with van der Waals surface area (Å²) in [6.45, 7) is 9.37. The summed E-state index contributed by atoms with van der Waals surface area (Å²) in [6.07, 6.45) is 0.345. The Balaban J connectivity index is 2.55. The smallest absolute Gasteiger partial charge is 0.225 e. The second-order valence-electron chi connectivity index (χ2n) is 4.16. The van der Waals surface area contributed by atoms with Gasteiger partial charge in [0.05, 0.1) is 12.2 Å². The van der Waals surface area contributed by atoms with Crippen molar-refractivity contribution in [3.05, 3.63) is 0 Å². The first-order chi connectivity index (χ1) is 6.00. The second kappa shape index (κ2) is 4.09. The predicted octanol–water partition coefficient (Wildman–Crippen LogP) is 1.28. The van der Waals surface area contributed by atoms with Crippen molar-refractivity contribution in [2.45, 2.75) is 39.9 Å². The van der Waals surface area contributed by atoms with Crippen LogP contribution in [0.2, 0.25) is 0 Å². The van der Waals surface area contributed by atoms with Crippen molar-refractivity contribution in [2.75, 3.05) is 13.1 Å². The van der Waals surface area contributed by atoms with E-state index in [4.69, 9.17) is 4.74 Å². The Morgan fingerprint density at radius 1 is 1.31 bits per heavy atom. The van der Waals surface area contributed by atoms with Gasteiger partial charge in [-0.25, -0.2) is 0 Å². The van der Waals surface area contributed by atoms with Crippen molar-refractivity contribution in [1.82, 2.24) is 4.90 Å². The number of ether oxygens (including phenoxy) is 1. The first-order valence-electron chi connectivity index (χ1n) is 4.95. The molecule has 2 atom stereocenters. The van der Waals surface area contributed by atoms with Crippen molar-refractivity contribution >= 4 is 5.91 Å². The molecule has 1 aliphatic heterocycles. The van der Waals surface area contributed by atoms with E-state index in [0.29, 0.717) is 0 Å². The SMILES string of the molecule is CC1CN(C(=O)C(C)C)CC(C)O1. The van der Waals surface area contributed by atoms with Gasteiger partial charge in [0, 0.05) is 19.0 Å². The maximum atomic E-state index is 11.7. The number of carbonyl (C=O) groups is 1. The number of nitrogens with zero attached hydrogens (tertiary/aromatic N) is 1. The molecule has 0 aromatic heterocycles. The molecule has 76 valence electrons. The lowest BCUT2D eigenvalue weighted by Crippen LogP contribution is -2.49. The summed E-state index contributed by atoms with van der Waals surface area (Å²) < 4.78 is 5.55. The van der Waals surface area contributed by atoms with Crippen LogP contribution in [0.15, 0.2) is 0 Å². The van der Waals surface area contributed by atoms with Crippen molar-refractivity contribution in [2.24, 2.45) is 5.92 Å². The van der Waals surface area contributed by atoms with Crippen LogP contribution < -0.4 is 0 Å². The van der Waals surface area contributed by atoms with Crippen LogP contribution in [0.4, 0.5) is 0 Å². The Morgan fingerprint density at radius 3 is 2.15 bits per heavy atom. The Labute approximate surface area is 80.1 Å². The summed E-state index contributed by atoms with van der Waals surface area (Å²) in [4.78, 5) is 13.6. The molecule has 13 heavy (non-hydrogen) atoms. The maximum Gasteiger partial charge on any atom is 0.225 e. The van der Waals surface area contributed by atoms with Gasteiger partial charge >= 0.3 is 0 Å². The van der Waals surface area contributed by atoms with E-state index >= 15 is 0 Å². The monoisotopic (exact) mass is 185 g/mol. The minimum absolute atomic E-state index is 0.0949. The van der Waals surface area contributed by atoms with Crippen LogP contribution in [-0.2, 0) is 9.53 Å². The quantitative estimate of drug-likeness (QED) is 0.616. The van der Waals surface area contributed by atoms with E-state index in [1.807, 2.05) is 32.6 Å². The van der Waals surface area contributed by atoms with Gasteiger partial charge in [-0.05, 0) is 13.8 Å². The fraction of sp³-hybridized carbons (Fsp3) is 0.900. The summed E-state index contributed by atoms with van der Waals surface area (Å²) in [7, 11) is 0. The molecule has 0 aliphatic carbocycles. The summed E-state index contributed by atoms with van der Waals surface area (Å²) in [5.74, 6) is 0.333. The lowest BCUT2D eigenvalue weighted by Gasteiger charge is -2.36. The van der Waals surface area contributed by atoms with Crippen LogP contribution in [0, 0.1) is 5.92 Å². The molecule has 1 amide bonds. The number of hydrogen-bond donors (Lipinski definition) is 0.